The van der Waals surface area contributed by atoms with E-state index in [0.717, 1.165) is 54.1 Å². The maximum absolute atomic E-state index is 4.67. The van der Waals surface area contributed by atoms with Crippen LogP contribution in [0.3, 0.4) is 0 Å². The van der Waals surface area contributed by atoms with Crippen molar-refractivity contribution in [2.24, 2.45) is 0 Å². The number of rotatable bonds is 3. The lowest BCUT2D eigenvalue weighted by Gasteiger charge is -2.24. The zero-order valence-electron chi connectivity index (χ0n) is 13.8. The molecule has 0 spiro atoms. The zero-order valence-corrected chi connectivity index (χ0v) is 13.8. The predicted octanol–water partition coefficient (Wildman–Crippen LogP) is 2.62. The normalized spacial score (nSPS) is 17.4. The topological polar surface area (TPSA) is 83.5 Å². The highest BCUT2D eigenvalue weighted by Crippen LogP contribution is 2.34. The quantitative estimate of drug-likeness (QED) is 0.798. The summed E-state index contributed by atoms with van der Waals surface area (Å²) < 4.78 is 0. The van der Waals surface area contributed by atoms with Gasteiger partial charge in [-0.2, -0.15) is 0 Å². The van der Waals surface area contributed by atoms with Crippen LogP contribution < -0.4 is 4.90 Å². The van der Waals surface area contributed by atoms with Crippen LogP contribution in [0.25, 0.3) is 11.5 Å². The molecule has 122 valence electrons. The van der Waals surface area contributed by atoms with Gasteiger partial charge in [-0.3, -0.25) is 0 Å². The first-order chi connectivity index (χ1) is 11.7. The average Bonchev–Trinajstić information content (AvgIpc) is 3.24. The molecule has 1 unspecified atom stereocenters. The first-order valence-corrected chi connectivity index (χ1v) is 8.12. The van der Waals surface area contributed by atoms with Gasteiger partial charge in [-0.1, -0.05) is 0 Å². The third-order valence-corrected chi connectivity index (χ3v) is 4.21. The molecular formula is C17H19N7. The molecule has 4 rings (SSSR count). The molecule has 0 aromatic carbocycles. The number of imidazole rings is 1. The van der Waals surface area contributed by atoms with Gasteiger partial charge in [0, 0.05) is 30.8 Å². The summed E-state index contributed by atoms with van der Waals surface area (Å²) in [6.45, 7) is 4.84. The monoisotopic (exact) mass is 321 g/mol. The van der Waals surface area contributed by atoms with Crippen LogP contribution in [0.5, 0.6) is 0 Å². The molecule has 1 fully saturated rings. The Balaban J connectivity index is 1.72. The Bertz CT molecular complexity index is 843. The molecule has 0 bridgehead atoms. The standard InChI is InChI=1S/C17H19N7/c1-11-10-20-16(21-11)14-9-13(22-12(2)23-14)15-5-3-8-24(15)17-18-6-4-7-19-17/h4,6-7,9-10,15H,3,5,8H2,1-2H3,(H,20,21). The highest BCUT2D eigenvalue weighted by atomic mass is 15.3. The van der Waals surface area contributed by atoms with Crippen LogP contribution in [0.4, 0.5) is 5.95 Å². The number of aromatic amines is 1. The largest absolute Gasteiger partial charge is 0.341 e. The van der Waals surface area contributed by atoms with E-state index in [9.17, 15) is 0 Å². The highest BCUT2D eigenvalue weighted by Gasteiger charge is 2.29. The molecule has 0 aliphatic carbocycles. The molecule has 1 N–H and O–H groups in total. The summed E-state index contributed by atoms with van der Waals surface area (Å²) in [6.07, 6.45) is 7.50. The molecule has 24 heavy (non-hydrogen) atoms. The summed E-state index contributed by atoms with van der Waals surface area (Å²) in [6, 6.07) is 4.03. The van der Waals surface area contributed by atoms with Gasteiger partial charge in [-0.15, -0.1) is 0 Å². The number of hydrogen-bond acceptors (Lipinski definition) is 6. The number of anilines is 1. The van der Waals surface area contributed by atoms with Crippen LogP contribution >= 0.6 is 0 Å². The van der Waals surface area contributed by atoms with E-state index in [0.29, 0.717) is 0 Å². The van der Waals surface area contributed by atoms with Crippen LogP contribution in [0.1, 0.15) is 36.1 Å². The van der Waals surface area contributed by atoms with E-state index < -0.39 is 0 Å². The first-order valence-electron chi connectivity index (χ1n) is 8.12. The number of nitrogens with one attached hydrogen (secondary N) is 1. The lowest BCUT2D eigenvalue weighted by atomic mass is 10.1. The second-order valence-electron chi connectivity index (χ2n) is 6.04. The number of hydrogen-bond donors (Lipinski definition) is 1. The lowest BCUT2D eigenvalue weighted by molar-refractivity contribution is 0.673. The molecule has 0 radical (unpaired) electrons. The van der Waals surface area contributed by atoms with E-state index in [4.69, 9.17) is 0 Å². The minimum atomic E-state index is 0.170. The number of nitrogens with zero attached hydrogens (tertiary/aromatic N) is 6. The fourth-order valence-electron chi connectivity index (χ4n) is 3.18. The zero-order chi connectivity index (χ0) is 16.5. The highest BCUT2D eigenvalue weighted by molar-refractivity contribution is 5.51. The molecule has 7 heteroatoms. The summed E-state index contributed by atoms with van der Waals surface area (Å²) in [5, 5.41) is 0. The predicted molar refractivity (Wildman–Crippen MR) is 90.4 cm³/mol. The number of H-pyrrole nitrogens is 1. The smallest absolute Gasteiger partial charge is 0.225 e. The summed E-state index contributed by atoms with van der Waals surface area (Å²) >= 11 is 0. The summed E-state index contributed by atoms with van der Waals surface area (Å²) in [7, 11) is 0. The molecule has 1 aliphatic rings. The molecule has 3 aromatic heterocycles. The minimum Gasteiger partial charge on any atom is -0.341 e. The van der Waals surface area contributed by atoms with E-state index in [2.05, 4.69) is 34.8 Å². The fourth-order valence-corrected chi connectivity index (χ4v) is 3.18. The van der Waals surface area contributed by atoms with Crippen molar-refractivity contribution >= 4 is 5.95 Å². The van der Waals surface area contributed by atoms with Gasteiger partial charge < -0.3 is 9.88 Å². The van der Waals surface area contributed by atoms with Crippen LogP contribution in [0.15, 0.2) is 30.7 Å². The SMILES string of the molecule is Cc1nc(-c2ncc(C)[nH]2)cc(C2CCCN2c2ncccn2)n1. The average molecular weight is 321 g/mol. The van der Waals surface area contributed by atoms with Crippen molar-refractivity contribution in [1.82, 2.24) is 29.9 Å². The van der Waals surface area contributed by atoms with Crippen LogP contribution in [0.2, 0.25) is 0 Å². The third kappa shape index (κ3) is 2.73. The van der Waals surface area contributed by atoms with Gasteiger partial charge in [0.1, 0.15) is 11.5 Å². The number of aryl methyl sites for hydroxylation is 2. The first kappa shape index (κ1) is 14.7. The van der Waals surface area contributed by atoms with E-state index in [1.165, 1.54) is 0 Å². The second-order valence-corrected chi connectivity index (χ2v) is 6.04. The van der Waals surface area contributed by atoms with E-state index in [1.807, 2.05) is 32.2 Å². The van der Waals surface area contributed by atoms with Crippen molar-refractivity contribution in [2.45, 2.75) is 32.7 Å². The van der Waals surface area contributed by atoms with Crippen molar-refractivity contribution in [3.63, 3.8) is 0 Å². The Morgan fingerprint density at radius 2 is 1.96 bits per heavy atom. The summed E-state index contributed by atoms with van der Waals surface area (Å²) in [4.78, 5) is 27.8. The van der Waals surface area contributed by atoms with Gasteiger partial charge in [0.2, 0.25) is 5.95 Å². The van der Waals surface area contributed by atoms with E-state index in [1.54, 1.807) is 12.4 Å². The second kappa shape index (κ2) is 5.99. The van der Waals surface area contributed by atoms with Gasteiger partial charge in [0.25, 0.3) is 0 Å². The molecule has 3 aromatic rings. The molecule has 0 amide bonds. The molecule has 1 saturated heterocycles. The van der Waals surface area contributed by atoms with Crippen molar-refractivity contribution in [1.29, 1.82) is 0 Å². The Labute approximate surface area is 140 Å². The van der Waals surface area contributed by atoms with Crippen LogP contribution in [-0.2, 0) is 0 Å². The van der Waals surface area contributed by atoms with Crippen molar-refractivity contribution in [3.05, 3.63) is 47.9 Å². The van der Waals surface area contributed by atoms with Gasteiger partial charge in [-0.05, 0) is 38.8 Å². The van der Waals surface area contributed by atoms with Crippen molar-refractivity contribution in [3.8, 4) is 11.5 Å². The van der Waals surface area contributed by atoms with Gasteiger partial charge in [0.15, 0.2) is 5.82 Å². The summed E-state index contributed by atoms with van der Waals surface area (Å²) in [5.74, 6) is 2.28. The molecule has 4 heterocycles. The Hall–Kier alpha value is -2.83. The van der Waals surface area contributed by atoms with Gasteiger partial charge in [-0.25, -0.2) is 24.9 Å². The maximum atomic E-state index is 4.67. The third-order valence-electron chi connectivity index (χ3n) is 4.21. The lowest BCUT2D eigenvalue weighted by Crippen LogP contribution is -2.25. The Morgan fingerprint density at radius 3 is 2.71 bits per heavy atom. The molecule has 1 atom stereocenters. The number of aromatic nitrogens is 6. The van der Waals surface area contributed by atoms with Gasteiger partial charge >= 0.3 is 0 Å². The van der Waals surface area contributed by atoms with Gasteiger partial charge in [0.05, 0.1) is 11.7 Å². The maximum Gasteiger partial charge on any atom is 0.225 e. The minimum absolute atomic E-state index is 0.170. The Kier molecular flexibility index (Phi) is 3.68. The summed E-state index contributed by atoms with van der Waals surface area (Å²) in [5.41, 5.74) is 2.84. The molecule has 7 nitrogen and oxygen atoms in total. The van der Waals surface area contributed by atoms with Crippen LogP contribution in [0, 0.1) is 13.8 Å². The van der Waals surface area contributed by atoms with Crippen LogP contribution in [-0.4, -0.2) is 36.4 Å². The fraction of sp³-hybridized carbons (Fsp3) is 0.353. The molecule has 0 saturated carbocycles. The molecule has 1 aliphatic heterocycles. The van der Waals surface area contributed by atoms with E-state index in [-0.39, 0.29) is 6.04 Å². The van der Waals surface area contributed by atoms with Crippen molar-refractivity contribution in [2.75, 3.05) is 11.4 Å². The van der Waals surface area contributed by atoms with Crippen molar-refractivity contribution < 1.29 is 0 Å². The Morgan fingerprint density at radius 1 is 1.12 bits per heavy atom. The van der Waals surface area contributed by atoms with E-state index >= 15 is 0 Å². The molecular weight excluding hydrogens is 302 g/mol.